The van der Waals surface area contributed by atoms with Gasteiger partial charge in [-0.1, -0.05) is 33.6 Å². The SMILES string of the molecule is Cc1ccc(O)c(C(C)Nc2cc(C)c(Br)c(C)c2)c1. The van der Waals surface area contributed by atoms with Crippen molar-refractivity contribution in [2.45, 2.75) is 33.7 Å². The Morgan fingerprint density at radius 1 is 1.05 bits per heavy atom. The molecule has 0 aromatic heterocycles. The minimum atomic E-state index is 0.0508. The molecule has 2 rings (SSSR count). The van der Waals surface area contributed by atoms with Crippen molar-refractivity contribution in [1.29, 1.82) is 0 Å². The van der Waals surface area contributed by atoms with Gasteiger partial charge in [-0.05, 0) is 57.0 Å². The monoisotopic (exact) mass is 333 g/mol. The van der Waals surface area contributed by atoms with Crippen LogP contribution in [0.25, 0.3) is 0 Å². The van der Waals surface area contributed by atoms with Gasteiger partial charge in [0.15, 0.2) is 0 Å². The predicted molar refractivity (Wildman–Crippen MR) is 88.5 cm³/mol. The van der Waals surface area contributed by atoms with E-state index < -0.39 is 0 Å². The third-order valence-electron chi connectivity index (χ3n) is 3.47. The van der Waals surface area contributed by atoms with E-state index in [0.29, 0.717) is 5.75 Å². The Bertz CT molecular complexity index is 614. The lowest BCUT2D eigenvalue weighted by Crippen LogP contribution is -2.07. The van der Waals surface area contributed by atoms with Crippen molar-refractivity contribution in [2.24, 2.45) is 0 Å². The Hall–Kier alpha value is -1.48. The average molecular weight is 334 g/mol. The molecule has 0 amide bonds. The van der Waals surface area contributed by atoms with Crippen LogP contribution in [-0.4, -0.2) is 5.11 Å². The van der Waals surface area contributed by atoms with E-state index in [1.165, 1.54) is 11.1 Å². The van der Waals surface area contributed by atoms with E-state index in [-0.39, 0.29) is 6.04 Å². The Labute approximate surface area is 129 Å². The Kier molecular flexibility index (Phi) is 4.39. The molecule has 2 aromatic rings. The Morgan fingerprint density at radius 3 is 2.25 bits per heavy atom. The molecule has 0 aliphatic heterocycles. The highest BCUT2D eigenvalue weighted by Crippen LogP contribution is 2.30. The summed E-state index contributed by atoms with van der Waals surface area (Å²) in [7, 11) is 0. The first-order chi connectivity index (χ1) is 9.38. The molecule has 2 nitrogen and oxygen atoms in total. The Balaban J connectivity index is 2.27. The van der Waals surface area contributed by atoms with Crippen molar-refractivity contribution in [3.8, 4) is 5.75 Å². The molecule has 0 saturated heterocycles. The molecular weight excluding hydrogens is 314 g/mol. The van der Waals surface area contributed by atoms with E-state index in [1.807, 2.05) is 19.1 Å². The van der Waals surface area contributed by atoms with Gasteiger partial charge in [-0.15, -0.1) is 0 Å². The second-order valence-corrected chi connectivity index (χ2v) is 6.15. The number of phenols is 1. The van der Waals surface area contributed by atoms with Crippen molar-refractivity contribution in [1.82, 2.24) is 0 Å². The fourth-order valence-electron chi connectivity index (χ4n) is 2.38. The van der Waals surface area contributed by atoms with Gasteiger partial charge in [0.2, 0.25) is 0 Å². The fraction of sp³-hybridized carbons (Fsp3) is 0.294. The van der Waals surface area contributed by atoms with Gasteiger partial charge in [-0.25, -0.2) is 0 Å². The third kappa shape index (κ3) is 3.15. The lowest BCUT2D eigenvalue weighted by Gasteiger charge is -2.19. The summed E-state index contributed by atoms with van der Waals surface area (Å²) in [5, 5.41) is 13.4. The number of rotatable bonds is 3. The molecule has 3 heteroatoms. The van der Waals surface area contributed by atoms with Crippen LogP contribution in [0.5, 0.6) is 5.75 Å². The molecule has 0 aliphatic carbocycles. The molecule has 2 aromatic carbocycles. The largest absolute Gasteiger partial charge is 0.508 e. The molecular formula is C17H20BrNO. The highest BCUT2D eigenvalue weighted by molar-refractivity contribution is 9.10. The summed E-state index contributed by atoms with van der Waals surface area (Å²) in [6.07, 6.45) is 0. The number of aryl methyl sites for hydroxylation is 3. The van der Waals surface area contributed by atoms with E-state index in [9.17, 15) is 5.11 Å². The number of hydrogen-bond donors (Lipinski definition) is 2. The van der Waals surface area contributed by atoms with E-state index >= 15 is 0 Å². The summed E-state index contributed by atoms with van der Waals surface area (Å²) in [4.78, 5) is 0. The first kappa shape index (κ1) is 14.9. The van der Waals surface area contributed by atoms with E-state index in [4.69, 9.17) is 0 Å². The van der Waals surface area contributed by atoms with Crippen molar-refractivity contribution in [2.75, 3.05) is 5.32 Å². The van der Waals surface area contributed by atoms with Crippen LogP contribution in [0, 0.1) is 20.8 Å². The number of nitrogens with one attached hydrogen (secondary N) is 1. The van der Waals surface area contributed by atoms with Gasteiger partial charge < -0.3 is 10.4 Å². The molecule has 0 fully saturated rings. The lowest BCUT2D eigenvalue weighted by atomic mass is 10.0. The predicted octanol–water partition coefficient (Wildman–Crippen LogP) is 5.25. The average Bonchev–Trinajstić information content (AvgIpc) is 2.38. The molecule has 0 saturated carbocycles. The molecule has 0 spiro atoms. The van der Waals surface area contributed by atoms with Crippen molar-refractivity contribution >= 4 is 21.6 Å². The van der Waals surface area contributed by atoms with Crippen LogP contribution < -0.4 is 5.32 Å². The summed E-state index contributed by atoms with van der Waals surface area (Å²) in [5.74, 6) is 0.334. The summed E-state index contributed by atoms with van der Waals surface area (Å²) in [6, 6.07) is 9.96. The zero-order chi connectivity index (χ0) is 14.9. The number of halogens is 1. The maximum atomic E-state index is 9.99. The quantitative estimate of drug-likeness (QED) is 0.803. The Morgan fingerprint density at radius 2 is 1.65 bits per heavy atom. The van der Waals surface area contributed by atoms with E-state index in [0.717, 1.165) is 21.3 Å². The lowest BCUT2D eigenvalue weighted by molar-refractivity contribution is 0.465. The summed E-state index contributed by atoms with van der Waals surface area (Å²) in [5.41, 5.74) is 5.54. The van der Waals surface area contributed by atoms with E-state index in [2.05, 4.69) is 54.2 Å². The van der Waals surface area contributed by atoms with Gasteiger partial charge in [-0.3, -0.25) is 0 Å². The van der Waals surface area contributed by atoms with Crippen LogP contribution >= 0.6 is 15.9 Å². The molecule has 0 radical (unpaired) electrons. The summed E-state index contributed by atoms with van der Waals surface area (Å²) in [6.45, 7) is 8.25. The number of hydrogen-bond acceptors (Lipinski definition) is 2. The molecule has 0 bridgehead atoms. The molecule has 106 valence electrons. The van der Waals surface area contributed by atoms with E-state index in [1.54, 1.807) is 6.07 Å². The normalized spacial score (nSPS) is 12.2. The molecule has 2 N–H and O–H groups in total. The third-order valence-corrected chi connectivity index (χ3v) is 4.72. The van der Waals surface area contributed by atoms with Gasteiger partial charge in [0.05, 0.1) is 6.04 Å². The van der Waals surface area contributed by atoms with Crippen molar-refractivity contribution < 1.29 is 5.11 Å². The first-order valence-corrected chi connectivity index (χ1v) is 7.50. The van der Waals surface area contributed by atoms with Gasteiger partial charge in [0.25, 0.3) is 0 Å². The van der Waals surface area contributed by atoms with Gasteiger partial charge in [0.1, 0.15) is 5.75 Å². The minimum absolute atomic E-state index is 0.0508. The first-order valence-electron chi connectivity index (χ1n) is 6.71. The standard InChI is InChI=1S/C17H20BrNO/c1-10-5-6-16(20)15(7-10)13(4)19-14-8-11(2)17(18)12(3)9-14/h5-9,13,19-20H,1-4H3. The molecule has 20 heavy (non-hydrogen) atoms. The smallest absolute Gasteiger partial charge is 0.120 e. The van der Waals surface area contributed by atoms with Gasteiger partial charge >= 0.3 is 0 Å². The second-order valence-electron chi connectivity index (χ2n) is 5.35. The zero-order valence-electron chi connectivity index (χ0n) is 12.3. The number of anilines is 1. The van der Waals surface area contributed by atoms with Crippen LogP contribution in [0.1, 0.15) is 35.2 Å². The summed E-state index contributed by atoms with van der Waals surface area (Å²) >= 11 is 3.58. The number of aromatic hydroxyl groups is 1. The fourth-order valence-corrected chi connectivity index (χ4v) is 2.61. The number of benzene rings is 2. The molecule has 0 heterocycles. The summed E-state index contributed by atoms with van der Waals surface area (Å²) < 4.78 is 1.15. The highest BCUT2D eigenvalue weighted by Gasteiger charge is 2.11. The second kappa shape index (κ2) is 5.88. The zero-order valence-corrected chi connectivity index (χ0v) is 13.9. The molecule has 0 aliphatic rings. The topological polar surface area (TPSA) is 32.3 Å². The maximum absolute atomic E-state index is 9.99. The van der Waals surface area contributed by atoms with Gasteiger partial charge in [0, 0.05) is 15.7 Å². The van der Waals surface area contributed by atoms with Crippen LogP contribution in [0.4, 0.5) is 5.69 Å². The molecule has 1 unspecified atom stereocenters. The van der Waals surface area contributed by atoms with Crippen molar-refractivity contribution in [3.05, 3.63) is 57.1 Å². The number of phenolic OH excluding ortho intramolecular Hbond substituents is 1. The van der Waals surface area contributed by atoms with Gasteiger partial charge in [-0.2, -0.15) is 0 Å². The van der Waals surface area contributed by atoms with Crippen molar-refractivity contribution in [3.63, 3.8) is 0 Å². The maximum Gasteiger partial charge on any atom is 0.120 e. The highest BCUT2D eigenvalue weighted by atomic mass is 79.9. The molecule has 1 atom stereocenters. The van der Waals surface area contributed by atoms with Crippen LogP contribution in [0.2, 0.25) is 0 Å². The van der Waals surface area contributed by atoms with Crippen LogP contribution in [0.15, 0.2) is 34.8 Å². The minimum Gasteiger partial charge on any atom is -0.508 e. The van der Waals surface area contributed by atoms with Crippen LogP contribution in [-0.2, 0) is 0 Å². The van der Waals surface area contributed by atoms with Crippen LogP contribution in [0.3, 0.4) is 0 Å².